The normalized spacial score (nSPS) is 16.2. The minimum atomic E-state index is -3.49. The van der Waals surface area contributed by atoms with Crippen LogP contribution in [0.25, 0.3) is 12.2 Å². The molecule has 0 unspecified atom stereocenters. The highest BCUT2D eigenvalue weighted by Crippen LogP contribution is 2.20. The maximum absolute atomic E-state index is 12.9. The Morgan fingerprint density at radius 1 is 1.16 bits per heavy atom. The van der Waals surface area contributed by atoms with Gasteiger partial charge in [-0.3, -0.25) is 4.79 Å². The Bertz CT molecular complexity index is 1200. The second-order valence-electron chi connectivity index (χ2n) is 8.35. The third kappa shape index (κ3) is 5.55. The van der Waals surface area contributed by atoms with Gasteiger partial charge >= 0.3 is 0 Å². The standard InChI is InChI=1S/C24H31N3O4S/c1-17(2)15-22(23-18(3)26-31-19(23)4)24(28)25-16-20-9-11-21(12-10-20)32(29,30)27-13-7-5-6-8-14-27/h9-12,15H,4-8,13-14,16H2,1-3H3,(H,25,28). The van der Waals surface area contributed by atoms with Crippen molar-refractivity contribution >= 4 is 28.1 Å². The molecular formula is C24H31N3O4S. The van der Waals surface area contributed by atoms with Gasteiger partial charge in [0.15, 0.2) is 5.42 Å². The van der Waals surface area contributed by atoms with E-state index in [0.29, 0.717) is 35.0 Å². The van der Waals surface area contributed by atoms with Crippen LogP contribution >= 0.6 is 0 Å². The molecule has 1 amide bonds. The fraction of sp³-hybridized carbons (Fsp3) is 0.417. The molecule has 172 valence electrons. The number of carbonyl (C=O) groups is 1. The van der Waals surface area contributed by atoms with Crippen molar-refractivity contribution < 1.29 is 17.7 Å². The second kappa shape index (κ2) is 10.3. The highest BCUT2D eigenvalue weighted by Gasteiger charge is 2.25. The maximum atomic E-state index is 12.9. The van der Waals surface area contributed by atoms with Crippen LogP contribution in [0, 0.1) is 6.92 Å². The van der Waals surface area contributed by atoms with Gasteiger partial charge in [-0.05, 0) is 57.4 Å². The van der Waals surface area contributed by atoms with Gasteiger partial charge in [0.1, 0.15) is 0 Å². The zero-order chi connectivity index (χ0) is 23.3. The highest BCUT2D eigenvalue weighted by molar-refractivity contribution is 7.89. The predicted molar refractivity (Wildman–Crippen MR) is 124 cm³/mol. The van der Waals surface area contributed by atoms with E-state index >= 15 is 0 Å². The quantitative estimate of drug-likeness (QED) is 0.719. The fourth-order valence-corrected chi connectivity index (χ4v) is 5.31. The summed E-state index contributed by atoms with van der Waals surface area (Å²) >= 11 is 0. The molecule has 0 saturated carbocycles. The third-order valence-electron chi connectivity index (χ3n) is 5.46. The molecule has 1 fully saturated rings. The molecule has 1 saturated heterocycles. The Kier molecular flexibility index (Phi) is 7.69. The van der Waals surface area contributed by atoms with Crippen molar-refractivity contribution in [3.05, 3.63) is 57.8 Å². The average Bonchev–Trinajstić information content (AvgIpc) is 2.95. The van der Waals surface area contributed by atoms with Crippen molar-refractivity contribution in [3.63, 3.8) is 0 Å². The van der Waals surface area contributed by atoms with E-state index < -0.39 is 10.0 Å². The zero-order valence-corrected chi connectivity index (χ0v) is 19.8. The summed E-state index contributed by atoms with van der Waals surface area (Å²) in [4.78, 5) is 13.2. The highest BCUT2D eigenvalue weighted by atomic mass is 32.2. The van der Waals surface area contributed by atoms with Crippen molar-refractivity contribution in [3.8, 4) is 0 Å². The van der Waals surface area contributed by atoms with Crippen LogP contribution in [0.2, 0.25) is 0 Å². The summed E-state index contributed by atoms with van der Waals surface area (Å²) in [7, 11) is -3.49. The number of sulfonamides is 1. The Morgan fingerprint density at radius 2 is 1.78 bits per heavy atom. The summed E-state index contributed by atoms with van der Waals surface area (Å²) in [5.41, 5.74) is 3.14. The van der Waals surface area contributed by atoms with Crippen LogP contribution in [0.1, 0.15) is 50.8 Å². The van der Waals surface area contributed by atoms with E-state index in [4.69, 9.17) is 4.52 Å². The first-order chi connectivity index (χ1) is 15.2. The molecule has 1 aliphatic rings. The number of nitrogens with zero attached hydrogens (tertiary/aromatic N) is 2. The molecule has 0 bridgehead atoms. The average molecular weight is 458 g/mol. The first-order valence-corrected chi connectivity index (χ1v) is 12.3. The number of hydrogen-bond acceptors (Lipinski definition) is 5. The van der Waals surface area contributed by atoms with Crippen LogP contribution in [0.5, 0.6) is 0 Å². The summed E-state index contributed by atoms with van der Waals surface area (Å²) in [5, 5.41) is 7.38. The Hall–Kier alpha value is -2.71. The number of benzene rings is 1. The van der Waals surface area contributed by atoms with Gasteiger partial charge in [0.25, 0.3) is 5.91 Å². The predicted octanol–water partition coefficient (Wildman–Crippen LogP) is 2.39. The SMILES string of the molecule is C=c1onc(C)c1=C(C=C(C)C)C(=O)NCc1ccc(S(=O)(=O)N2CCCCCC2)cc1. The molecule has 7 nitrogen and oxygen atoms in total. The van der Waals surface area contributed by atoms with Crippen molar-refractivity contribution in [2.24, 2.45) is 0 Å². The van der Waals surface area contributed by atoms with Gasteiger partial charge in [-0.25, -0.2) is 8.42 Å². The van der Waals surface area contributed by atoms with Gasteiger partial charge < -0.3 is 9.84 Å². The first-order valence-electron chi connectivity index (χ1n) is 10.9. The molecule has 3 rings (SSSR count). The summed E-state index contributed by atoms with van der Waals surface area (Å²) in [6.45, 7) is 10.8. The molecule has 1 aromatic heterocycles. The molecule has 0 aliphatic carbocycles. The summed E-state index contributed by atoms with van der Waals surface area (Å²) < 4.78 is 32.6. The minimum Gasteiger partial charge on any atom is -0.357 e. The number of hydrogen-bond donors (Lipinski definition) is 1. The lowest BCUT2D eigenvalue weighted by Crippen LogP contribution is -2.32. The lowest BCUT2D eigenvalue weighted by atomic mass is 10.1. The fourth-order valence-electron chi connectivity index (χ4n) is 3.79. The number of rotatable bonds is 6. The van der Waals surface area contributed by atoms with Crippen LogP contribution < -0.4 is 16.0 Å². The molecule has 0 radical (unpaired) electrons. The molecule has 2 heterocycles. The van der Waals surface area contributed by atoms with Gasteiger partial charge in [-0.2, -0.15) is 4.31 Å². The lowest BCUT2D eigenvalue weighted by molar-refractivity contribution is -0.115. The van der Waals surface area contributed by atoms with Crippen LogP contribution in [-0.2, 0) is 21.4 Å². The van der Waals surface area contributed by atoms with Crippen molar-refractivity contribution in [2.75, 3.05) is 13.1 Å². The van der Waals surface area contributed by atoms with E-state index in [-0.39, 0.29) is 17.3 Å². The molecule has 8 heteroatoms. The van der Waals surface area contributed by atoms with Crippen molar-refractivity contribution in [1.82, 2.24) is 14.8 Å². The van der Waals surface area contributed by atoms with Crippen LogP contribution in [0.4, 0.5) is 0 Å². The van der Waals surface area contributed by atoms with Gasteiger partial charge in [0.05, 0.1) is 21.4 Å². The van der Waals surface area contributed by atoms with E-state index in [1.807, 2.05) is 13.8 Å². The summed E-state index contributed by atoms with van der Waals surface area (Å²) in [6.07, 6.45) is 5.71. The summed E-state index contributed by atoms with van der Waals surface area (Å²) in [6, 6.07) is 6.70. The molecule has 0 spiro atoms. The Balaban J connectivity index is 1.76. The van der Waals surface area contributed by atoms with Crippen LogP contribution in [0.15, 0.2) is 45.3 Å². The number of carbonyl (C=O) groups excluding carboxylic acids is 1. The van der Waals surface area contributed by atoms with Gasteiger partial charge in [0, 0.05) is 19.6 Å². The Labute approximate surface area is 189 Å². The molecule has 1 N–H and O–H groups in total. The first kappa shape index (κ1) is 23.9. The number of aryl methyl sites for hydroxylation is 1. The monoisotopic (exact) mass is 457 g/mol. The second-order valence-corrected chi connectivity index (χ2v) is 10.3. The van der Waals surface area contributed by atoms with Gasteiger partial charge in [0.2, 0.25) is 10.0 Å². The molecular weight excluding hydrogens is 426 g/mol. The molecule has 2 aromatic rings. The maximum Gasteiger partial charge on any atom is 0.252 e. The van der Waals surface area contributed by atoms with E-state index in [1.54, 1.807) is 41.6 Å². The van der Waals surface area contributed by atoms with Crippen molar-refractivity contribution in [1.29, 1.82) is 0 Å². The molecule has 1 aromatic carbocycles. The molecule has 0 atom stereocenters. The molecule has 1 aliphatic heterocycles. The van der Waals surface area contributed by atoms with E-state index in [0.717, 1.165) is 36.8 Å². The topological polar surface area (TPSA) is 92.5 Å². The largest absolute Gasteiger partial charge is 0.357 e. The molecule has 32 heavy (non-hydrogen) atoms. The van der Waals surface area contributed by atoms with E-state index in [1.165, 1.54) is 0 Å². The lowest BCUT2D eigenvalue weighted by Gasteiger charge is -2.20. The number of aromatic nitrogens is 1. The number of allylic oxidation sites excluding steroid dienone is 1. The zero-order valence-electron chi connectivity index (χ0n) is 19.0. The van der Waals surface area contributed by atoms with E-state index in [2.05, 4.69) is 17.1 Å². The van der Waals surface area contributed by atoms with Crippen LogP contribution in [0.3, 0.4) is 0 Å². The number of amides is 1. The third-order valence-corrected chi connectivity index (χ3v) is 7.37. The number of nitrogens with one attached hydrogen (secondary N) is 1. The van der Waals surface area contributed by atoms with E-state index in [9.17, 15) is 13.2 Å². The minimum absolute atomic E-state index is 0.264. The van der Waals surface area contributed by atoms with Crippen molar-refractivity contribution in [2.45, 2.75) is 57.9 Å². The Morgan fingerprint density at radius 3 is 2.31 bits per heavy atom. The van der Waals surface area contributed by atoms with Crippen LogP contribution in [-0.4, -0.2) is 36.9 Å². The van der Waals surface area contributed by atoms with Gasteiger partial charge in [-0.15, -0.1) is 0 Å². The smallest absolute Gasteiger partial charge is 0.252 e. The summed E-state index contributed by atoms with van der Waals surface area (Å²) in [5.74, 6) is -0.274. The van der Waals surface area contributed by atoms with Gasteiger partial charge in [-0.1, -0.05) is 42.3 Å².